The Bertz CT molecular complexity index is 762. The van der Waals surface area contributed by atoms with Crippen molar-refractivity contribution in [3.8, 4) is 11.5 Å². The Morgan fingerprint density at radius 1 is 1.11 bits per heavy atom. The molecule has 0 saturated carbocycles. The minimum absolute atomic E-state index is 0.0760. The largest absolute Gasteiger partial charge is 0.496 e. The van der Waals surface area contributed by atoms with Crippen molar-refractivity contribution < 1.29 is 9.47 Å². The molecule has 1 unspecified atom stereocenters. The lowest BCUT2D eigenvalue weighted by molar-refractivity contribution is 0.222. The van der Waals surface area contributed by atoms with E-state index in [1.54, 1.807) is 7.11 Å². The number of methoxy groups -OCH3 is 1. The van der Waals surface area contributed by atoms with Crippen LogP contribution in [-0.2, 0) is 6.42 Å². The van der Waals surface area contributed by atoms with E-state index >= 15 is 0 Å². The van der Waals surface area contributed by atoms with Crippen molar-refractivity contribution in [1.82, 2.24) is 10.2 Å². The smallest absolute Gasteiger partial charge is 0.124 e. The summed E-state index contributed by atoms with van der Waals surface area (Å²) >= 11 is 6.24. The van der Waals surface area contributed by atoms with E-state index in [1.807, 2.05) is 18.2 Å². The van der Waals surface area contributed by atoms with Crippen molar-refractivity contribution in [2.24, 2.45) is 0 Å². The van der Waals surface area contributed by atoms with Gasteiger partial charge in [-0.2, -0.15) is 0 Å². The zero-order chi connectivity index (χ0) is 19.2. The van der Waals surface area contributed by atoms with Crippen LogP contribution in [0.4, 0.5) is 0 Å². The fraction of sp³-hybridized carbons (Fsp3) is 0.455. The van der Waals surface area contributed by atoms with Crippen LogP contribution in [-0.4, -0.2) is 44.8 Å². The van der Waals surface area contributed by atoms with Gasteiger partial charge in [0.25, 0.3) is 0 Å². The maximum absolute atomic E-state index is 6.24. The molecule has 1 aliphatic rings. The predicted molar refractivity (Wildman–Crippen MR) is 111 cm³/mol. The molecule has 0 fully saturated rings. The maximum atomic E-state index is 6.24. The second-order valence-electron chi connectivity index (χ2n) is 6.76. The molecule has 4 nitrogen and oxygen atoms in total. The molecule has 1 N–H and O–H groups in total. The molecule has 0 radical (unpaired) electrons. The van der Waals surface area contributed by atoms with E-state index in [4.69, 9.17) is 21.1 Å². The van der Waals surface area contributed by atoms with Crippen molar-refractivity contribution in [1.29, 1.82) is 0 Å². The monoisotopic (exact) mass is 388 g/mol. The van der Waals surface area contributed by atoms with Crippen LogP contribution >= 0.6 is 11.6 Å². The molecule has 2 aromatic carbocycles. The number of nitrogens with one attached hydrogen (secondary N) is 1. The van der Waals surface area contributed by atoms with Crippen molar-refractivity contribution in [2.45, 2.75) is 26.3 Å². The summed E-state index contributed by atoms with van der Waals surface area (Å²) in [7, 11) is 1.70. The second kappa shape index (κ2) is 9.45. The van der Waals surface area contributed by atoms with Crippen LogP contribution in [0.15, 0.2) is 36.4 Å². The summed E-state index contributed by atoms with van der Waals surface area (Å²) in [6, 6.07) is 12.3. The summed E-state index contributed by atoms with van der Waals surface area (Å²) in [6.45, 7) is 9.05. The Morgan fingerprint density at radius 3 is 2.67 bits per heavy atom. The highest BCUT2D eigenvalue weighted by molar-refractivity contribution is 6.30. The summed E-state index contributed by atoms with van der Waals surface area (Å²) in [6.07, 6.45) is 0.988. The molecule has 0 bridgehead atoms. The first-order valence-electron chi connectivity index (χ1n) is 9.71. The third-order valence-corrected chi connectivity index (χ3v) is 5.48. The molecule has 27 heavy (non-hydrogen) atoms. The molecule has 3 rings (SSSR count). The van der Waals surface area contributed by atoms with Gasteiger partial charge in [-0.05, 0) is 61.0 Å². The Balaban J connectivity index is 1.78. The van der Waals surface area contributed by atoms with E-state index < -0.39 is 0 Å². The number of benzene rings is 2. The van der Waals surface area contributed by atoms with Gasteiger partial charge in [-0.25, -0.2) is 0 Å². The summed E-state index contributed by atoms with van der Waals surface area (Å²) in [5.74, 6) is 1.80. The van der Waals surface area contributed by atoms with E-state index in [2.05, 4.69) is 42.3 Å². The van der Waals surface area contributed by atoms with Crippen LogP contribution in [0.1, 0.15) is 36.6 Å². The first kappa shape index (κ1) is 20.0. The molecule has 0 spiro atoms. The average Bonchev–Trinajstić information content (AvgIpc) is 2.70. The average molecular weight is 389 g/mol. The lowest BCUT2D eigenvalue weighted by Crippen LogP contribution is -2.31. The lowest BCUT2D eigenvalue weighted by Gasteiger charge is -2.29. The third-order valence-electron chi connectivity index (χ3n) is 5.24. The number of halogens is 1. The molecule has 2 aromatic rings. The van der Waals surface area contributed by atoms with Gasteiger partial charge in [0.05, 0.1) is 13.2 Å². The van der Waals surface area contributed by atoms with Crippen molar-refractivity contribution in [3.05, 3.63) is 58.1 Å². The molecule has 1 heterocycles. The Morgan fingerprint density at radius 2 is 1.93 bits per heavy atom. The quantitative estimate of drug-likeness (QED) is 0.730. The van der Waals surface area contributed by atoms with E-state index in [0.717, 1.165) is 54.7 Å². The van der Waals surface area contributed by atoms with Crippen LogP contribution in [0.5, 0.6) is 11.5 Å². The summed E-state index contributed by atoms with van der Waals surface area (Å²) < 4.78 is 11.6. The summed E-state index contributed by atoms with van der Waals surface area (Å²) in [5, 5.41) is 4.32. The van der Waals surface area contributed by atoms with Gasteiger partial charge in [0.15, 0.2) is 0 Å². The van der Waals surface area contributed by atoms with Gasteiger partial charge in [-0.15, -0.1) is 0 Å². The number of nitrogens with zero attached hydrogens (tertiary/aromatic N) is 1. The Labute approximate surface area is 167 Å². The first-order chi connectivity index (χ1) is 13.2. The van der Waals surface area contributed by atoms with Gasteiger partial charge in [-0.1, -0.05) is 31.5 Å². The zero-order valence-electron chi connectivity index (χ0n) is 16.4. The standard InChI is InChI=1S/C22H29ClN2O2/c1-4-25(5-2)12-13-27-18-7-8-19-16(14-18)10-11-24-22(19)20-15-17(23)6-9-21(20)26-3/h6-9,14-15,22,24H,4-5,10-13H2,1-3H3. The van der Waals surface area contributed by atoms with E-state index in [9.17, 15) is 0 Å². The molecule has 1 aliphatic heterocycles. The highest BCUT2D eigenvalue weighted by atomic mass is 35.5. The molecule has 0 amide bonds. The number of rotatable bonds is 8. The third kappa shape index (κ3) is 4.75. The normalized spacial score (nSPS) is 16.3. The van der Waals surface area contributed by atoms with E-state index in [0.29, 0.717) is 6.61 Å². The van der Waals surface area contributed by atoms with Gasteiger partial charge < -0.3 is 19.7 Å². The zero-order valence-corrected chi connectivity index (χ0v) is 17.2. The maximum Gasteiger partial charge on any atom is 0.124 e. The van der Waals surface area contributed by atoms with Crippen molar-refractivity contribution in [3.63, 3.8) is 0 Å². The highest BCUT2D eigenvalue weighted by Gasteiger charge is 2.24. The second-order valence-corrected chi connectivity index (χ2v) is 7.20. The summed E-state index contributed by atoms with van der Waals surface area (Å²) in [4.78, 5) is 2.36. The Kier molecular flexibility index (Phi) is 7.00. The van der Waals surface area contributed by atoms with Gasteiger partial charge >= 0.3 is 0 Å². The van der Waals surface area contributed by atoms with E-state index in [-0.39, 0.29) is 6.04 Å². The van der Waals surface area contributed by atoms with Gasteiger partial charge in [-0.3, -0.25) is 0 Å². The predicted octanol–water partition coefficient (Wildman–Crippen LogP) is 4.30. The molecule has 1 atom stereocenters. The van der Waals surface area contributed by atoms with Crippen LogP contribution in [0.2, 0.25) is 5.02 Å². The number of hydrogen-bond donors (Lipinski definition) is 1. The molecule has 146 valence electrons. The molecule has 0 aliphatic carbocycles. The number of likely N-dealkylation sites (N-methyl/N-ethyl adjacent to an activating group) is 1. The van der Waals surface area contributed by atoms with Crippen LogP contribution in [0.3, 0.4) is 0 Å². The molecule has 0 aromatic heterocycles. The van der Waals surface area contributed by atoms with Gasteiger partial charge in [0.1, 0.15) is 18.1 Å². The number of ether oxygens (including phenoxy) is 2. The van der Waals surface area contributed by atoms with Crippen LogP contribution < -0.4 is 14.8 Å². The van der Waals surface area contributed by atoms with Crippen LogP contribution in [0, 0.1) is 0 Å². The highest BCUT2D eigenvalue weighted by Crippen LogP contribution is 2.36. The fourth-order valence-corrected chi connectivity index (χ4v) is 3.85. The molecule has 0 saturated heterocycles. The summed E-state index contributed by atoms with van der Waals surface area (Å²) in [5.41, 5.74) is 3.65. The Hall–Kier alpha value is -1.75. The molecular formula is C22H29ClN2O2. The number of hydrogen-bond acceptors (Lipinski definition) is 4. The minimum atomic E-state index is 0.0760. The molecule has 5 heteroatoms. The van der Waals surface area contributed by atoms with Gasteiger partial charge in [0, 0.05) is 23.7 Å². The van der Waals surface area contributed by atoms with E-state index in [1.165, 1.54) is 11.1 Å². The van der Waals surface area contributed by atoms with Crippen LogP contribution in [0.25, 0.3) is 0 Å². The minimum Gasteiger partial charge on any atom is -0.496 e. The number of fused-ring (bicyclic) bond motifs is 1. The lowest BCUT2D eigenvalue weighted by atomic mass is 9.89. The fourth-order valence-electron chi connectivity index (χ4n) is 3.67. The SMILES string of the molecule is CCN(CC)CCOc1ccc2c(c1)CCNC2c1cc(Cl)ccc1OC. The topological polar surface area (TPSA) is 33.7 Å². The van der Waals surface area contributed by atoms with Gasteiger partial charge in [0.2, 0.25) is 0 Å². The van der Waals surface area contributed by atoms with Crippen molar-refractivity contribution >= 4 is 11.6 Å². The first-order valence-corrected chi connectivity index (χ1v) is 10.1. The van der Waals surface area contributed by atoms with Crippen molar-refractivity contribution in [2.75, 3.05) is 39.9 Å². The molecular weight excluding hydrogens is 360 g/mol.